The Morgan fingerprint density at radius 1 is 0.971 bits per heavy atom. The molecular weight excluding hydrogens is 471 g/mol. The molecular formula is C27H26Cl2N2O3. The topological polar surface area (TPSA) is 58.6 Å². The van der Waals surface area contributed by atoms with Gasteiger partial charge in [0.25, 0.3) is 5.91 Å². The number of amides is 2. The average molecular weight is 497 g/mol. The van der Waals surface area contributed by atoms with E-state index >= 15 is 0 Å². The molecule has 0 saturated carbocycles. The fourth-order valence-corrected chi connectivity index (χ4v) is 4.46. The van der Waals surface area contributed by atoms with Crippen molar-refractivity contribution in [1.29, 1.82) is 0 Å². The fourth-order valence-electron chi connectivity index (χ4n) is 3.97. The van der Waals surface area contributed by atoms with E-state index in [4.69, 9.17) is 27.9 Å². The van der Waals surface area contributed by atoms with Crippen LogP contribution in [0.2, 0.25) is 10.0 Å². The first-order chi connectivity index (χ1) is 16.5. The Morgan fingerprint density at radius 3 is 2.50 bits per heavy atom. The van der Waals surface area contributed by atoms with E-state index < -0.39 is 0 Å². The zero-order chi connectivity index (χ0) is 23.9. The molecule has 34 heavy (non-hydrogen) atoms. The Labute approximate surface area is 209 Å². The molecule has 0 aromatic heterocycles. The molecule has 7 heteroatoms. The van der Waals surface area contributed by atoms with Crippen LogP contribution in [0.1, 0.15) is 34.3 Å². The Balaban J connectivity index is 1.55. The lowest BCUT2D eigenvalue weighted by Crippen LogP contribution is -2.33. The summed E-state index contributed by atoms with van der Waals surface area (Å²) in [5, 5.41) is 3.71. The summed E-state index contributed by atoms with van der Waals surface area (Å²) in [4.78, 5) is 27.7. The van der Waals surface area contributed by atoms with Gasteiger partial charge in [0.15, 0.2) is 0 Å². The van der Waals surface area contributed by atoms with E-state index in [1.54, 1.807) is 23.1 Å². The third-order valence-corrected chi connectivity index (χ3v) is 6.28. The van der Waals surface area contributed by atoms with Gasteiger partial charge in [-0.1, -0.05) is 65.7 Å². The molecule has 0 radical (unpaired) electrons. The number of benzene rings is 3. The molecule has 3 aromatic carbocycles. The number of rotatable bonds is 8. The van der Waals surface area contributed by atoms with E-state index in [1.807, 2.05) is 54.6 Å². The third-order valence-electron chi connectivity index (χ3n) is 5.73. The van der Waals surface area contributed by atoms with Gasteiger partial charge in [-0.2, -0.15) is 0 Å². The Kier molecular flexibility index (Phi) is 8.22. The van der Waals surface area contributed by atoms with E-state index in [1.165, 1.54) is 0 Å². The summed E-state index contributed by atoms with van der Waals surface area (Å²) in [6.45, 7) is 1.63. The first-order valence-corrected chi connectivity index (χ1v) is 12.0. The number of hydrogen-bond donors (Lipinski definition) is 1. The Morgan fingerprint density at radius 2 is 1.76 bits per heavy atom. The Bertz CT molecular complexity index is 1150. The van der Waals surface area contributed by atoms with Crippen molar-refractivity contribution in [2.45, 2.75) is 31.9 Å². The highest BCUT2D eigenvalue weighted by Crippen LogP contribution is 2.27. The first-order valence-electron chi connectivity index (χ1n) is 11.3. The number of nitrogens with one attached hydrogen (secondary N) is 1. The number of nitrogens with zero attached hydrogens (tertiary/aromatic N) is 1. The SMILES string of the molecule is O=C(Cc1cccc(N(Cc2ccccc2)C(=O)c2ccc(Cl)cc2Cl)c1)NCC1CCCO1. The van der Waals surface area contributed by atoms with Crippen molar-refractivity contribution in [1.82, 2.24) is 5.32 Å². The second-order valence-electron chi connectivity index (χ2n) is 8.29. The predicted octanol–water partition coefficient (Wildman–Crippen LogP) is 5.68. The van der Waals surface area contributed by atoms with Crippen LogP contribution in [0.3, 0.4) is 0 Å². The maximum absolute atomic E-state index is 13.6. The number of carbonyl (C=O) groups is 2. The van der Waals surface area contributed by atoms with Gasteiger partial charge < -0.3 is 15.0 Å². The van der Waals surface area contributed by atoms with Gasteiger partial charge in [-0.25, -0.2) is 0 Å². The largest absolute Gasteiger partial charge is 0.376 e. The van der Waals surface area contributed by atoms with Gasteiger partial charge >= 0.3 is 0 Å². The van der Waals surface area contributed by atoms with Crippen molar-refractivity contribution in [3.8, 4) is 0 Å². The van der Waals surface area contributed by atoms with Gasteiger partial charge in [0.1, 0.15) is 0 Å². The van der Waals surface area contributed by atoms with Crippen molar-refractivity contribution in [2.24, 2.45) is 0 Å². The molecule has 1 heterocycles. The normalized spacial score (nSPS) is 15.2. The molecule has 0 aliphatic carbocycles. The molecule has 4 rings (SSSR count). The molecule has 3 aromatic rings. The molecule has 1 atom stereocenters. The monoisotopic (exact) mass is 496 g/mol. The van der Waals surface area contributed by atoms with Crippen LogP contribution in [0, 0.1) is 0 Å². The third kappa shape index (κ3) is 6.38. The molecule has 1 unspecified atom stereocenters. The van der Waals surface area contributed by atoms with Crippen LogP contribution < -0.4 is 10.2 Å². The summed E-state index contributed by atoms with van der Waals surface area (Å²) in [6.07, 6.45) is 2.32. The zero-order valence-electron chi connectivity index (χ0n) is 18.7. The summed E-state index contributed by atoms with van der Waals surface area (Å²) in [5.74, 6) is -0.320. The smallest absolute Gasteiger partial charge is 0.260 e. The summed E-state index contributed by atoms with van der Waals surface area (Å²) in [6, 6.07) is 22.0. The highest BCUT2D eigenvalue weighted by atomic mass is 35.5. The van der Waals surface area contributed by atoms with Crippen molar-refractivity contribution in [3.63, 3.8) is 0 Å². The van der Waals surface area contributed by atoms with Gasteiger partial charge in [0.05, 0.1) is 29.7 Å². The molecule has 1 aliphatic rings. The first kappa shape index (κ1) is 24.3. The van der Waals surface area contributed by atoms with E-state index in [-0.39, 0.29) is 24.3 Å². The van der Waals surface area contributed by atoms with Crippen LogP contribution in [0.25, 0.3) is 0 Å². The van der Waals surface area contributed by atoms with E-state index in [0.717, 1.165) is 30.6 Å². The van der Waals surface area contributed by atoms with Crippen LogP contribution in [-0.4, -0.2) is 31.1 Å². The summed E-state index contributed by atoms with van der Waals surface area (Å²) < 4.78 is 5.57. The van der Waals surface area contributed by atoms with Crippen molar-refractivity contribution in [2.75, 3.05) is 18.1 Å². The standard InChI is InChI=1S/C27H26Cl2N2O3/c28-21-11-12-24(25(29)16-21)27(33)31(18-19-6-2-1-3-7-19)22-9-4-8-20(14-22)15-26(32)30-17-23-10-5-13-34-23/h1-4,6-9,11-12,14,16,23H,5,10,13,15,17-18H2,(H,30,32). The van der Waals surface area contributed by atoms with Gasteiger partial charge in [0.2, 0.25) is 5.91 Å². The minimum atomic E-state index is -0.245. The minimum Gasteiger partial charge on any atom is -0.376 e. The van der Waals surface area contributed by atoms with E-state index in [0.29, 0.717) is 34.4 Å². The highest BCUT2D eigenvalue weighted by molar-refractivity contribution is 6.37. The fraction of sp³-hybridized carbons (Fsp3) is 0.259. The van der Waals surface area contributed by atoms with Gasteiger partial charge in [-0.05, 0) is 54.3 Å². The Hall–Kier alpha value is -2.86. The van der Waals surface area contributed by atoms with Gasteiger partial charge in [-0.3, -0.25) is 9.59 Å². The predicted molar refractivity (Wildman–Crippen MR) is 136 cm³/mol. The second-order valence-corrected chi connectivity index (χ2v) is 9.13. The molecule has 0 spiro atoms. The molecule has 0 bridgehead atoms. The number of ether oxygens (including phenoxy) is 1. The quantitative estimate of drug-likeness (QED) is 0.436. The van der Waals surface area contributed by atoms with Gasteiger partial charge in [0, 0.05) is 23.9 Å². The number of anilines is 1. The molecule has 1 N–H and O–H groups in total. The number of hydrogen-bond acceptors (Lipinski definition) is 3. The maximum atomic E-state index is 13.6. The van der Waals surface area contributed by atoms with Crippen molar-refractivity contribution < 1.29 is 14.3 Å². The summed E-state index contributed by atoms with van der Waals surface area (Å²) >= 11 is 12.4. The van der Waals surface area contributed by atoms with Crippen molar-refractivity contribution >= 4 is 40.7 Å². The average Bonchev–Trinajstić information content (AvgIpc) is 3.35. The van der Waals surface area contributed by atoms with Crippen LogP contribution in [0.4, 0.5) is 5.69 Å². The van der Waals surface area contributed by atoms with E-state index in [2.05, 4.69) is 5.32 Å². The molecule has 2 amide bonds. The summed E-state index contributed by atoms with van der Waals surface area (Å²) in [7, 11) is 0. The van der Waals surface area contributed by atoms with Gasteiger partial charge in [-0.15, -0.1) is 0 Å². The van der Waals surface area contributed by atoms with E-state index in [9.17, 15) is 9.59 Å². The minimum absolute atomic E-state index is 0.0747. The number of carbonyl (C=O) groups excluding carboxylic acids is 2. The lowest BCUT2D eigenvalue weighted by molar-refractivity contribution is -0.120. The lowest BCUT2D eigenvalue weighted by atomic mass is 10.1. The zero-order valence-corrected chi connectivity index (χ0v) is 20.2. The highest BCUT2D eigenvalue weighted by Gasteiger charge is 2.22. The molecule has 1 fully saturated rings. The second kappa shape index (κ2) is 11.5. The summed E-state index contributed by atoms with van der Waals surface area (Å²) in [5.41, 5.74) is 2.84. The van der Waals surface area contributed by atoms with Crippen molar-refractivity contribution in [3.05, 3.63) is 99.5 Å². The maximum Gasteiger partial charge on any atom is 0.260 e. The molecule has 1 saturated heterocycles. The molecule has 176 valence electrons. The molecule has 1 aliphatic heterocycles. The van der Waals surface area contributed by atoms with Crippen LogP contribution >= 0.6 is 23.2 Å². The van der Waals surface area contributed by atoms with Crippen LogP contribution in [0.15, 0.2) is 72.8 Å². The molecule has 5 nitrogen and oxygen atoms in total. The van der Waals surface area contributed by atoms with Crippen LogP contribution in [-0.2, 0) is 22.5 Å². The van der Waals surface area contributed by atoms with Crippen LogP contribution in [0.5, 0.6) is 0 Å². The number of halogens is 2. The lowest BCUT2D eigenvalue weighted by Gasteiger charge is -2.24.